The van der Waals surface area contributed by atoms with Crippen molar-refractivity contribution in [3.05, 3.63) is 47.1 Å². The van der Waals surface area contributed by atoms with Crippen molar-refractivity contribution >= 4 is 17.6 Å². The highest BCUT2D eigenvalue weighted by Crippen LogP contribution is 2.31. The van der Waals surface area contributed by atoms with Gasteiger partial charge in [-0.25, -0.2) is 4.79 Å². The number of nitrogens with zero attached hydrogens (tertiary/aromatic N) is 1. The summed E-state index contributed by atoms with van der Waals surface area (Å²) in [5.41, 5.74) is 1.95. The molecule has 0 bridgehead atoms. The summed E-state index contributed by atoms with van der Waals surface area (Å²) >= 11 is 6.16. The first-order valence-corrected chi connectivity index (χ1v) is 6.09. The highest BCUT2D eigenvalue weighted by atomic mass is 35.5. The summed E-state index contributed by atoms with van der Waals surface area (Å²) in [4.78, 5) is 11.2. The molecular formula is C14H14ClNO2. The summed E-state index contributed by atoms with van der Waals surface area (Å²) in [6.45, 7) is 3.90. The van der Waals surface area contributed by atoms with Gasteiger partial charge in [0, 0.05) is 16.6 Å². The van der Waals surface area contributed by atoms with Crippen molar-refractivity contribution in [1.82, 2.24) is 4.57 Å². The lowest BCUT2D eigenvalue weighted by Gasteiger charge is -2.16. The first kappa shape index (κ1) is 12.7. The van der Waals surface area contributed by atoms with Gasteiger partial charge in [-0.3, -0.25) is 0 Å². The highest BCUT2D eigenvalue weighted by Gasteiger charge is 2.18. The van der Waals surface area contributed by atoms with E-state index in [0.29, 0.717) is 5.02 Å². The van der Waals surface area contributed by atoms with Crippen LogP contribution in [0.1, 0.15) is 30.4 Å². The number of carboxylic acids is 1. The van der Waals surface area contributed by atoms with Gasteiger partial charge < -0.3 is 9.67 Å². The molecule has 0 saturated heterocycles. The third-order valence-corrected chi connectivity index (χ3v) is 3.13. The second kappa shape index (κ2) is 4.86. The van der Waals surface area contributed by atoms with Gasteiger partial charge in [0.1, 0.15) is 5.69 Å². The molecule has 0 aliphatic rings. The normalized spacial score (nSPS) is 10.9. The molecule has 94 valence electrons. The van der Waals surface area contributed by atoms with Crippen LogP contribution in [-0.2, 0) is 0 Å². The average molecular weight is 264 g/mol. The van der Waals surface area contributed by atoms with Crippen molar-refractivity contribution in [3.8, 4) is 11.3 Å². The maximum Gasteiger partial charge on any atom is 0.352 e. The Labute approximate surface area is 111 Å². The molecule has 1 aromatic heterocycles. The molecule has 0 aliphatic carbocycles. The molecular weight excluding hydrogens is 250 g/mol. The molecule has 0 spiro atoms. The van der Waals surface area contributed by atoms with Gasteiger partial charge in [0.25, 0.3) is 0 Å². The topological polar surface area (TPSA) is 42.2 Å². The lowest BCUT2D eigenvalue weighted by Crippen LogP contribution is -2.11. The number of halogens is 1. The van der Waals surface area contributed by atoms with Crippen molar-refractivity contribution in [2.45, 2.75) is 19.9 Å². The minimum atomic E-state index is -0.929. The van der Waals surface area contributed by atoms with Gasteiger partial charge in [0.05, 0.1) is 5.69 Å². The van der Waals surface area contributed by atoms with Crippen LogP contribution in [-0.4, -0.2) is 15.6 Å². The molecule has 0 fully saturated rings. The fraction of sp³-hybridized carbons (Fsp3) is 0.214. The predicted molar refractivity (Wildman–Crippen MR) is 72.2 cm³/mol. The van der Waals surface area contributed by atoms with Crippen molar-refractivity contribution in [2.75, 3.05) is 0 Å². The van der Waals surface area contributed by atoms with Crippen molar-refractivity contribution < 1.29 is 9.90 Å². The molecule has 2 aromatic rings. The van der Waals surface area contributed by atoms with E-state index >= 15 is 0 Å². The van der Waals surface area contributed by atoms with Gasteiger partial charge >= 0.3 is 5.97 Å². The van der Waals surface area contributed by atoms with Crippen LogP contribution in [0.2, 0.25) is 5.02 Å². The van der Waals surface area contributed by atoms with E-state index in [2.05, 4.69) is 0 Å². The summed E-state index contributed by atoms with van der Waals surface area (Å²) in [7, 11) is 0. The van der Waals surface area contributed by atoms with Crippen LogP contribution in [0.5, 0.6) is 0 Å². The minimum Gasteiger partial charge on any atom is -0.477 e. The van der Waals surface area contributed by atoms with E-state index in [0.717, 1.165) is 11.3 Å². The van der Waals surface area contributed by atoms with Crippen LogP contribution >= 0.6 is 11.6 Å². The highest BCUT2D eigenvalue weighted by molar-refractivity contribution is 6.33. The van der Waals surface area contributed by atoms with Crippen molar-refractivity contribution in [2.24, 2.45) is 0 Å². The van der Waals surface area contributed by atoms with Crippen molar-refractivity contribution in [3.63, 3.8) is 0 Å². The van der Waals surface area contributed by atoms with E-state index in [4.69, 9.17) is 11.6 Å². The molecule has 1 N–H and O–H groups in total. The molecule has 0 saturated carbocycles. The third-order valence-electron chi connectivity index (χ3n) is 2.80. The number of carboxylic acid groups (broad SMARTS) is 1. The SMILES string of the molecule is CC(C)n1c(C(=O)O)ccc1-c1ccccc1Cl. The Hall–Kier alpha value is -1.74. The van der Waals surface area contributed by atoms with Crippen molar-refractivity contribution in [1.29, 1.82) is 0 Å². The fourth-order valence-corrected chi connectivity index (χ4v) is 2.30. The Balaban J connectivity index is 2.66. The quantitative estimate of drug-likeness (QED) is 0.906. The Bertz CT molecular complexity index is 587. The van der Waals surface area contributed by atoms with Gasteiger partial charge in [-0.15, -0.1) is 0 Å². The van der Waals surface area contributed by atoms with Gasteiger partial charge in [-0.05, 0) is 32.0 Å². The van der Waals surface area contributed by atoms with Gasteiger partial charge in [-0.2, -0.15) is 0 Å². The first-order chi connectivity index (χ1) is 8.52. The van der Waals surface area contributed by atoms with E-state index in [9.17, 15) is 9.90 Å². The Morgan fingerprint density at radius 2 is 1.89 bits per heavy atom. The number of hydrogen-bond acceptors (Lipinski definition) is 1. The van der Waals surface area contributed by atoms with Crippen LogP contribution in [0.15, 0.2) is 36.4 Å². The molecule has 0 amide bonds. The number of benzene rings is 1. The Morgan fingerprint density at radius 1 is 1.22 bits per heavy atom. The zero-order chi connectivity index (χ0) is 13.3. The lowest BCUT2D eigenvalue weighted by molar-refractivity contribution is 0.0683. The summed E-state index contributed by atoms with van der Waals surface area (Å²) in [6.07, 6.45) is 0. The van der Waals surface area contributed by atoms with E-state index in [1.807, 2.05) is 32.0 Å². The van der Waals surface area contributed by atoms with Crippen LogP contribution in [0, 0.1) is 0 Å². The molecule has 4 heteroatoms. The third kappa shape index (κ3) is 2.14. The second-order valence-electron chi connectivity index (χ2n) is 4.35. The van der Waals surface area contributed by atoms with E-state index in [1.54, 1.807) is 22.8 Å². The Kier molecular flexibility index (Phi) is 3.43. The summed E-state index contributed by atoms with van der Waals surface area (Å²) in [5.74, 6) is -0.929. The first-order valence-electron chi connectivity index (χ1n) is 5.71. The molecule has 2 rings (SSSR count). The number of rotatable bonds is 3. The second-order valence-corrected chi connectivity index (χ2v) is 4.76. The van der Waals surface area contributed by atoms with Crippen LogP contribution in [0.3, 0.4) is 0 Å². The maximum absolute atomic E-state index is 11.2. The minimum absolute atomic E-state index is 0.0531. The standard InChI is InChI=1S/C14H14ClNO2/c1-9(2)16-12(7-8-13(16)14(17)18)10-5-3-4-6-11(10)15/h3-9H,1-2H3,(H,17,18). The summed E-state index contributed by atoms with van der Waals surface area (Å²) in [5, 5.41) is 9.81. The molecule has 1 heterocycles. The van der Waals surface area contributed by atoms with E-state index in [-0.39, 0.29) is 11.7 Å². The predicted octanol–water partition coefficient (Wildman–Crippen LogP) is 4.09. The van der Waals surface area contributed by atoms with Crippen LogP contribution in [0.25, 0.3) is 11.3 Å². The zero-order valence-corrected chi connectivity index (χ0v) is 11.0. The number of hydrogen-bond donors (Lipinski definition) is 1. The molecule has 0 aliphatic heterocycles. The molecule has 0 atom stereocenters. The van der Waals surface area contributed by atoms with E-state index in [1.165, 1.54) is 0 Å². The molecule has 0 unspecified atom stereocenters. The largest absolute Gasteiger partial charge is 0.477 e. The van der Waals surface area contributed by atoms with E-state index < -0.39 is 5.97 Å². The molecule has 3 nitrogen and oxygen atoms in total. The number of aromatic carboxylic acids is 1. The maximum atomic E-state index is 11.2. The smallest absolute Gasteiger partial charge is 0.352 e. The fourth-order valence-electron chi connectivity index (χ4n) is 2.07. The zero-order valence-electron chi connectivity index (χ0n) is 10.2. The average Bonchev–Trinajstić information content (AvgIpc) is 2.74. The van der Waals surface area contributed by atoms with Gasteiger partial charge in [0.15, 0.2) is 0 Å². The number of carbonyl (C=O) groups is 1. The van der Waals surface area contributed by atoms with Crippen LogP contribution < -0.4 is 0 Å². The molecule has 18 heavy (non-hydrogen) atoms. The van der Waals surface area contributed by atoms with Gasteiger partial charge in [-0.1, -0.05) is 29.8 Å². The Morgan fingerprint density at radius 3 is 2.44 bits per heavy atom. The monoisotopic (exact) mass is 263 g/mol. The lowest BCUT2D eigenvalue weighted by atomic mass is 10.1. The molecule has 0 radical (unpaired) electrons. The van der Waals surface area contributed by atoms with Gasteiger partial charge in [0.2, 0.25) is 0 Å². The van der Waals surface area contributed by atoms with Crippen LogP contribution in [0.4, 0.5) is 0 Å². The number of aromatic nitrogens is 1. The summed E-state index contributed by atoms with van der Waals surface area (Å²) in [6, 6.07) is 10.9. The summed E-state index contributed by atoms with van der Waals surface area (Å²) < 4.78 is 1.78. The molecule has 1 aromatic carbocycles.